The number of hydrogen-bond acceptors (Lipinski definition) is 2. The summed E-state index contributed by atoms with van der Waals surface area (Å²) in [4.78, 5) is 26.0. The lowest BCUT2D eigenvalue weighted by atomic mass is 9.48. The smallest absolute Gasteiger partial charge is 0.353 e. The minimum atomic E-state index is -4.47. The van der Waals surface area contributed by atoms with Gasteiger partial charge in [0.1, 0.15) is 6.42 Å². The van der Waals surface area contributed by atoms with E-state index in [1.165, 1.54) is 0 Å². The van der Waals surface area contributed by atoms with Crippen molar-refractivity contribution in [3.05, 3.63) is 12.2 Å². The van der Waals surface area contributed by atoms with Crippen LogP contribution >= 0.6 is 0 Å². The molecule has 7 heteroatoms. The summed E-state index contributed by atoms with van der Waals surface area (Å²) in [6.07, 6.45) is 3.56. The molecule has 162 valence electrons. The Balaban J connectivity index is 1.53. The second-order valence-electron chi connectivity index (χ2n) is 10.2. The predicted molar refractivity (Wildman–Crippen MR) is 103 cm³/mol. The highest BCUT2D eigenvalue weighted by atomic mass is 19.4. The van der Waals surface area contributed by atoms with Crippen LogP contribution in [0, 0.1) is 28.6 Å². The van der Waals surface area contributed by atoms with Gasteiger partial charge in [-0.2, -0.15) is 13.2 Å². The average Bonchev–Trinajstić information content (AvgIpc) is 2.93. The third kappa shape index (κ3) is 3.28. The van der Waals surface area contributed by atoms with Crippen molar-refractivity contribution >= 4 is 11.8 Å². The molecule has 1 heterocycles. The summed E-state index contributed by atoms with van der Waals surface area (Å²) in [5.41, 5.74) is -0.198. The minimum absolute atomic E-state index is 0.0511. The van der Waals surface area contributed by atoms with Crippen LogP contribution < -0.4 is 5.32 Å². The molecule has 7 atom stereocenters. The molecule has 3 aliphatic carbocycles. The second kappa shape index (κ2) is 6.74. The molecule has 4 aliphatic rings. The first-order chi connectivity index (χ1) is 13.5. The van der Waals surface area contributed by atoms with E-state index in [1.54, 1.807) is 6.08 Å². The van der Waals surface area contributed by atoms with Crippen LogP contribution in [0.2, 0.25) is 0 Å². The van der Waals surface area contributed by atoms with E-state index in [0.29, 0.717) is 17.8 Å². The number of rotatable bonds is 2. The van der Waals surface area contributed by atoms with Crippen LogP contribution in [0.3, 0.4) is 0 Å². The number of carbonyl (C=O) groups is 2. The fourth-order valence-electron chi connectivity index (χ4n) is 7.40. The molecule has 0 aromatic heterocycles. The van der Waals surface area contributed by atoms with Gasteiger partial charge >= 0.3 is 6.18 Å². The molecule has 1 aliphatic heterocycles. The number of amides is 2. The van der Waals surface area contributed by atoms with Gasteiger partial charge in [0.2, 0.25) is 11.8 Å². The standard InChI is InChI=1S/C22H31F3N2O2/c1-20-10-8-15-13(4-7-17-21(15,2)11-9-19(29)27(17)3)14(20)5-6-16(20)26-18(28)12-22(23,24)25/h9,11,13-17H,4-8,10,12H2,1-3H3,(H,26,28)/t13-,14-,15+,16?,17?,20-,21+/m0/s1. The van der Waals surface area contributed by atoms with E-state index in [1.807, 2.05) is 11.9 Å². The summed E-state index contributed by atoms with van der Waals surface area (Å²) >= 11 is 0. The number of halogens is 3. The molecule has 2 unspecified atom stereocenters. The molecule has 4 rings (SSSR count). The summed E-state index contributed by atoms with van der Waals surface area (Å²) in [5.74, 6) is 0.533. The van der Waals surface area contributed by atoms with Crippen LogP contribution in [-0.4, -0.2) is 42.0 Å². The van der Waals surface area contributed by atoms with E-state index in [9.17, 15) is 22.8 Å². The predicted octanol–water partition coefficient (Wildman–Crippen LogP) is 4.06. The Hall–Kier alpha value is -1.53. The first kappa shape index (κ1) is 20.7. The van der Waals surface area contributed by atoms with Crippen LogP contribution in [0.4, 0.5) is 13.2 Å². The zero-order chi connectivity index (χ0) is 21.2. The van der Waals surface area contributed by atoms with Gasteiger partial charge < -0.3 is 10.2 Å². The second-order valence-corrected chi connectivity index (χ2v) is 10.2. The number of nitrogens with zero attached hydrogens (tertiary/aromatic N) is 1. The van der Waals surface area contributed by atoms with E-state index in [4.69, 9.17) is 0 Å². The van der Waals surface area contributed by atoms with Gasteiger partial charge in [-0.1, -0.05) is 19.9 Å². The molecule has 2 amide bonds. The van der Waals surface area contributed by atoms with Crippen LogP contribution in [0.15, 0.2) is 12.2 Å². The molecule has 0 aromatic rings. The van der Waals surface area contributed by atoms with Crippen molar-refractivity contribution in [3.63, 3.8) is 0 Å². The third-order valence-corrected chi connectivity index (χ3v) is 8.82. The highest BCUT2D eigenvalue weighted by Crippen LogP contribution is 2.63. The monoisotopic (exact) mass is 412 g/mol. The quantitative estimate of drug-likeness (QED) is 0.744. The van der Waals surface area contributed by atoms with Crippen molar-refractivity contribution in [1.82, 2.24) is 10.2 Å². The molecule has 3 fully saturated rings. The number of hydrogen-bond donors (Lipinski definition) is 1. The lowest BCUT2D eigenvalue weighted by Crippen LogP contribution is -2.60. The maximum atomic E-state index is 12.6. The maximum absolute atomic E-state index is 12.6. The molecule has 0 aromatic carbocycles. The van der Waals surface area contributed by atoms with E-state index >= 15 is 0 Å². The number of likely N-dealkylation sites (N-methyl/N-ethyl adjacent to an activating group) is 1. The molecule has 3 saturated carbocycles. The Bertz CT molecular complexity index is 736. The third-order valence-electron chi connectivity index (χ3n) is 8.82. The minimum Gasteiger partial charge on any atom is -0.353 e. The molecule has 1 N–H and O–H groups in total. The number of carbonyl (C=O) groups excluding carboxylic acids is 2. The van der Waals surface area contributed by atoms with Crippen LogP contribution in [0.1, 0.15) is 58.8 Å². The molecule has 0 saturated heterocycles. The highest BCUT2D eigenvalue weighted by molar-refractivity contribution is 5.89. The number of alkyl halides is 3. The number of fused-ring (bicyclic) bond motifs is 5. The largest absolute Gasteiger partial charge is 0.397 e. The van der Waals surface area contributed by atoms with Crippen molar-refractivity contribution in [2.24, 2.45) is 28.6 Å². The van der Waals surface area contributed by atoms with Gasteiger partial charge in [-0.3, -0.25) is 9.59 Å². The van der Waals surface area contributed by atoms with Crippen molar-refractivity contribution in [2.45, 2.75) is 77.1 Å². The van der Waals surface area contributed by atoms with Crippen molar-refractivity contribution in [3.8, 4) is 0 Å². The van der Waals surface area contributed by atoms with E-state index in [-0.39, 0.29) is 28.8 Å². The van der Waals surface area contributed by atoms with Crippen LogP contribution in [-0.2, 0) is 9.59 Å². The average molecular weight is 412 g/mol. The summed E-state index contributed by atoms with van der Waals surface area (Å²) < 4.78 is 37.8. The summed E-state index contributed by atoms with van der Waals surface area (Å²) in [5, 5.41) is 2.72. The van der Waals surface area contributed by atoms with Crippen LogP contribution in [0.5, 0.6) is 0 Å². The van der Waals surface area contributed by atoms with Gasteiger partial charge in [-0.15, -0.1) is 0 Å². The summed E-state index contributed by atoms with van der Waals surface area (Å²) in [6, 6.07) is 0.0364. The van der Waals surface area contributed by atoms with Crippen molar-refractivity contribution < 1.29 is 22.8 Å². The van der Waals surface area contributed by atoms with Gasteiger partial charge in [0.05, 0.1) is 0 Å². The number of nitrogens with one attached hydrogen (secondary N) is 1. The topological polar surface area (TPSA) is 49.4 Å². The maximum Gasteiger partial charge on any atom is 0.397 e. The molecular weight excluding hydrogens is 381 g/mol. The Morgan fingerprint density at radius 1 is 1.17 bits per heavy atom. The SMILES string of the molecule is CN1C(=O)C=C[C@@]2(C)C1CC[C@@H]1[C@H]2CC[C@]2(C)C(NC(=O)CC(F)(F)F)CC[C@@H]12. The normalized spacial score (nSPS) is 44.1. The Morgan fingerprint density at radius 2 is 1.90 bits per heavy atom. The van der Waals surface area contributed by atoms with Gasteiger partial charge in [0.15, 0.2) is 0 Å². The Morgan fingerprint density at radius 3 is 2.59 bits per heavy atom. The zero-order valence-corrected chi connectivity index (χ0v) is 17.4. The fourth-order valence-corrected chi connectivity index (χ4v) is 7.40. The van der Waals surface area contributed by atoms with Crippen molar-refractivity contribution in [2.75, 3.05) is 7.05 Å². The molecule has 0 spiro atoms. The van der Waals surface area contributed by atoms with Crippen molar-refractivity contribution in [1.29, 1.82) is 0 Å². The van der Waals surface area contributed by atoms with Gasteiger partial charge in [-0.05, 0) is 67.8 Å². The highest BCUT2D eigenvalue weighted by Gasteiger charge is 2.60. The molecule has 4 nitrogen and oxygen atoms in total. The molecule has 0 bridgehead atoms. The van der Waals surface area contributed by atoms with E-state index in [2.05, 4.69) is 25.2 Å². The van der Waals surface area contributed by atoms with E-state index < -0.39 is 18.5 Å². The van der Waals surface area contributed by atoms with Gasteiger partial charge in [-0.25, -0.2) is 0 Å². The molecule has 0 radical (unpaired) electrons. The fraction of sp³-hybridized carbons (Fsp3) is 0.818. The molecular formula is C22H31F3N2O2. The summed E-state index contributed by atoms with van der Waals surface area (Å²) in [7, 11) is 1.89. The first-order valence-electron chi connectivity index (χ1n) is 10.8. The first-order valence-corrected chi connectivity index (χ1v) is 10.8. The Kier molecular flexibility index (Phi) is 4.82. The van der Waals surface area contributed by atoms with Gasteiger partial charge in [0.25, 0.3) is 0 Å². The lowest BCUT2D eigenvalue weighted by Gasteiger charge is -2.60. The summed E-state index contributed by atoms with van der Waals surface area (Å²) in [6.45, 7) is 4.44. The molecule has 29 heavy (non-hydrogen) atoms. The van der Waals surface area contributed by atoms with Gasteiger partial charge in [0, 0.05) is 24.5 Å². The van der Waals surface area contributed by atoms with E-state index in [0.717, 1.165) is 38.5 Å². The zero-order valence-electron chi connectivity index (χ0n) is 17.4. The Labute approximate surface area is 170 Å². The lowest BCUT2D eigenvalue weighted by molar-refractivity contribution is -0.155. The van der Waals surface area contributed by atoms with Crippen LogP contribution in [0.25, 0.3) is 0 Å².